The number of carbonyl (C=O) groups is 1. The van der Waals surface area contributed by atoms with Gasteiger partial charge in [0.1, 0.15) is 5.82 Å². The van der Waals surface area contributed by atoms with Gasteiger partial charge in [-0.05, 0) is 45.4 Å². The highest BCUT2D eigenvalue weighted by Gasteiger charge is 2.33. The van der Waals surface area contributed by atoms with Gasteiger partial charge in [-0.1, -0.05) is 6.92 Å². The molecule has 4 aromatic rings. The fourth-order valence-corrected chi connectivity index (χ4v) is 5.34. The summed E-state index contributed by atoms with van der Waals surface area (Å²) in [6.45, 7) is 8.71. The molecule has 0 aromatic carbocycles. The van der Waals surface area contributed by atoms with E-state index in [1.165, 1.54) is 17.0 Å². The maximum Gasteiger partial charge on any atom is 0.291 e. The Morgan fingerprint density at radius 1 is 1.09 bits per heavy atom. The molecule has 1 N–H and O–H groups in total. The molecule has 6 heterocycles. The summed E-state index contributed by atoms with van der Waals surface area (Å²) < 4.78 is 3.02. The van der Waals surface area contributed by atoms with Gasteiger partial charge < -0.3 is 9.80 Å². The second-order valence-corrected chi connectivity index (χ2v) is 9.91. The first-order valence-corrected chi connectivity index (χ1v) is 12.3. The monoisotopic (exact) mass is 475 g/mol. The van der Waals surface area contributed by atoms with Gasteiger partial charge in [-0.25, -0.2) is 14.5 Å². The SMILES string of the molecule is Cc1cc(=O)n2[nH]c(C(=O)N3CCCC[C@H]3c3cc4nc(N5CC[C@H](C)C5)c(C)cn4n3)nc2n1. The van der Waals surface area contributed by atoms with Gasteiger partial charge in [-0.15, -0.1) is 0 Å². The molecule has 2 atom stereocenters. The van der Waals surface area contributed by atoms with Crippen molar-refractivity contribution < 1.29 is 4.79 Å². The third-order valence-electron chi connectivity index (χ3n) is 7.11. The first-order valence-electron chi connectivity index (χ1n) is 12.3. The number of carbonyl (C=O) groups excluding carboxylic acids is 1. The average Bonchev–Trinajstić information content (AvgIpc) is 3.56. The van der Waals surface area contributed by atoms with Crippen molar-refractivity contribution >= 4 is 23.1 Å². The number of anilines is 1. The fraction of sp³-hybridized carbons (Fsp3) is 0.500. The topological polar surface area (TPSA) is 117 Å². The smallest absolute Gasteiger partial charge is 0.291 e. The molecule has 11 heteroatoms. The summed E-state index contributed by atoms with van der Waals surface area (Å²) in [5, 5.41) is 7.65. The van der Waals surface area contributed by atoms with Crippen molar-refractivity contribution in [1.82, 2.24) is 39.1 Å². The fourth-order valence-electron chi connectivity index (χ4n) is 5.34. The molecular formula is C24H29N9O2. The molecule has 0 radical (unpaired) electrons. The number of nitrogens with zero attached hydrogens (tertiary/aromatic N) is 8. The second-order valence-electron chi connectivity index (χ2n) is 9.91. The molecular weight excluding hydrogens is 446 g/mol. The summed E-state index contributed by atoms with van der Waals surface area (Å²) >= 11 is 0. The maximum atomic E-state index is 13.5. The number of aromatic nitrogens is 7. The second kappa shape index (κ2) is 8.17. The Hall–Kier alpha value is -3.76. The standard InChI is InChI=1S/C24H29N9O2/c1-14-7-9-30(12-14)22-15(2)13-32-19(26-22)11-17(28-32)18-6-4-5-8-31(18)23(35)21-27-24-25-16(3)10-20(34)33(24)29-21/h10-11,13-14,18H,4-9,12H2,1-3H3,(H,25,27,29)/t14-,18-/m0/s1. The number of likely N-dealkylation sites (tertiary alicyclic amines) is 1. The van der Waals surface area contributed by atoms with Crippen LogP contribution in [0.2, 0.25) is 0 Å². The van der Waals surface area contributed by atoms with Crippen molar-refractivity contribution in [3.05, 3.63) is 51.5 Å². The lowest BCUT2D eigenvalue weighted by atomic mass is 9.99. The highest BCUT2D eigenvalue weighted by Crippen LogP contribution is 2.32. The number of piperidine rings is 1. The van der Waals surface area contributed by atoms with E-state index in [-0.39, 0.29) is 29.1 Å². The Bertz CT molecular complexity index is 1500. The van der Waals surface area contributed by atoms with Crippen LogP contribution in [0.4, 0.5) is 5.82 Å². The molecule has 4 aromatic heterocycles. The van der Waals surface area contributed by atoms with E-state index in [1.807, 2.05) is 16.8 Å². The summed E-state index contributed by atoms with van der Waals surface area (Å²) in [6, 6.07) is 3.21. The molecule has 2 aliphatic heterocycles. The average molecular weight is 476 g/mol. The van der Waals surface area contributed by atoms with Gasteiger partial charge in [-0.3, -0.25) is 14.7 Å². The largest absolute Gasteiger partial charge is 0.356 e. The van der Waals surface area contributed by atoms with Crippen molar-refractivity contribution in [3.63, 3.8) is 0 Å². The molecule has 11 nitrogen and oxygen atoms in total. The summed E-state index contributed by atoms with van der Waals surface area (Å²) in [5.41, 5.74) is 2.96. The Morgan fingerprint density at radius 3 is 2.74 bits per heavy atom. The highest BCUT2D eigenvalue weighted by atomic mass is 16.2. The van der Waals surface area contributed by atoms with E-state index in [1.54, 1.807) is 11.8 Å². The van der Waals surface area contributed by atoms with Gasteiger partial charge in [0, 0.05) is 49.2 Å². The van der Waals surface area contributed by atoms with Crippen molar-refractivity contribution in [1.29, 1.82) is 0 Å². The van der Waals surface area contributed by atoms with E-state index in [4.69, 9.17) is 10.1 Å². The predicted molar refractivity (Wildman–Crippen MR) is 130 cm³/mol. The lowest BCUT2D eigenvalue weighted by Gasteiger charge is -2.34. The zero-order valence-electron chi connectivity index (χ0n) is 20.2. The third kappa shape index (κ3) is 3.75. The van der Waals surface area contributed by atoms with Crippen molar-refractivity contribution in [3.8, 4) is 0 Å². The van der Waals surface area contributed by atoms with E-state index in [0.29, 0.717) is 18.2 Å². The molecule has 6 rings (SSSR count). The predicted octanol–water partition coefficient (Wildman–Crippen LogP) is 2.29. The molecule has 0 aliphatic carbocycles. The number of nitrogens with one attached hydrogen (secondary N) is 1. The lowest BCUT2D eigenvalue weighted by Crippen LogP contribution is -2.39. The van der Waals surface area contributed by atoms with Crippen molar-refractivity contribution in [2.75, 3.05) is 24.5 Å². The molecule has 2 aliphatic rings. The number of aryl methyl sites for hydroxylation is 2. The van der Waals surface area contributed by atoms with Crippen LogP contribution in [-0.2, 0) is 0 Å². The molecule has 0 bridgehead atoms. The minimum absolute atomic E-state index is 0.107. The molecule has 35 heavy (non-hydrogen) atoms. The van der Waals surface area contributed by atoms with Gasteiger partial charge in [0.05, 0.1) is 11.7 Å². The van der Waals surface area contributed by atoms with Crippen LogP contribution in [0, 0.1) is 19.8 Å². The van der Waals surface area contributed by atoms with E-state index < -0.39 is 0 Å². The summed E-state index contributed by atoms with van der Waals surface area (Å²) in [6.07, 6.45) is 5.92. The van der Waals surface area contributed by atoms with Gasteiger partial charge in [0.25, 0.3) is 17.2 Å². The van der Waals surface area contributed by atoms with Crippen LogP contribution in [0.25, 0.3) is 11.4 Å². The van der Waals surface area contributed by atoms with Gasteiger partial charge in [0.2, 0.25) is 5.82 Å². The van der Waals surface area contributed by atoms with Crippen LogP contribution in [0.1, 0.15) is 66.2 Å². The van der Waals surface area contributed by atoms with E-state index >= 15 is 0 Å². The Balaban J connectivity index is 1.34. The van der Waals surface area contributed by atoms with E-state index in [2.05, 4.69) is 33.8 Å². The van der Waals surface area contributed by atoms with Crippen LogP contribution in [0.15, 0.2) is 23.1 Å². The van der Waals surface area contributed by atoms with Crippen LogP contribution in [-0.4, -0.2) is 64.6 Å². The zero-order chi connectivity index (χ0) is 24.3. The maximum absolute atomic E-state index is 13.5. The lowest BCUT2D eigenvalue weighted by molar-refractivity contribution is 0.0593. The number of rotatable bonds is 3. The number of fused-ring (bicyclic) bond motifs is 2. The molecule has 0 unspecified atom stereocenters. The molecule has 0 spiro atoms. The minimum Gasteiger partial charge on any atom is -0.356 e. The number of hydrogen-bond donors (Lipinski definition) is 1. The highest BCUT2D eigenvalue weighted by molar-refractivity contribution is 5.91. The first-order chi connectivity index (χ1) is 16.9. The third-order valence-corrected chi connectivity index (χ3v) is 7.11. The normalized spacial score (nSPS) is 20.9. The molecule has 2 fully saturated rings. The Kier molecular flexibility index (Phi) is 5.08. The van der Waals surface area contributed by atoms with E-state index in [0.717, 1.165) is 55.1 Å². The summed E-state index contributed by atoms with van der Waals surface area (Å²) in [7, 11) is 0. The molecule has 0 saturated carbocycles. The number of H-pyrrole nitrogens is 1. The molecule has 182 valence electrons. The van der Waals surface area contributed by atoms with Gasteiger partial charge in [0.15, 0.2) is 5.65 Å². The number of aromatic amines is 1. The van der Waals surface area contributed by atoms with Crippen molar-refractivity contribution in [2.24, 2.45) is 5.92 Å². The van der Waals surface area contributed by atoms with Crippen LogP contribution in [0.3, 0.4) is 0 Å². The van der Waals surface area contributed by atoms with Crippen LogP contribution < -0.4 is 10.5 Å². The molecule has 1 amide bonds. The summed E-state index contributed by atoms with van der Waals surface area (Å²) in [5.74, 6) is 1.73. The van der Waals surface area contributed by atoms with Crippen molar-refractivity contribution in [2.45, 2.75) is 52.5 Å². The zero-order valence-corrected chi connectivity index (χ0v) is 20.2. The Morgan fingerprint density at radius 2 is 1.94 bits per heavy atom. The quantitative estimate of drug-likeness (QED) is 0.483. The number of hydrogen-bond acceptors (Lipinski definition) is 7. The molecule has 2 saturated heterocycles. The Labute approximate surface area is 201 Å². The van der Waals surface area contributed by atoms with Crippen LogP contribution in [0.5, 0.6) is 0 Å². The van der Waals surface area contributed by atoms with E-state index in [9.17, 15) is 9.59 Å². The minimum atomic E-state index is -0.292. The first kappa shape index (κ1) is 21.8. The van der Waals surface area contributed by atoms with Gasteiger partial charge in [-0.2, -0.15) is 14.6 Å². The van der Waals surface area contributed by atoms with Gasteiger partial charge >= 0.3 is 0 Å². The summed E-state index contributed by atoms with van der Waals surface area (Å²) in [4.78, 5) is 43.5. The number of amides is 1. The van der Waals surface area contributed by atoms with Crippen LogP contribution >= 0.6 is 0 Å².